The molecule has 0 saturated carbocycles. The molecule has 142 valence electrons. The number of nitrogens with zero attached hydrogens (tertiary/aromatic N) is 3. The van der Waals surface area contributed by atoms with E-state index in [0.717, 1.165) is 16.9 Å². The molecule has 0 spiro atoms. The average Bonchev–Trinajstić information content (AvgIpc) is 3.11. The normalized spacial score (nSPS) is 11.1. The minimum Gasteiger partial charge on any atom is -0.497 e. The molecule has 6 nitrogen and oxygen atoms in total. The van der Waals surface area contributed by atoms with E-state index in [-0.39, 0.29) is 12.2 Å². The molecule has 0 aliphatic rings. The minimum absolute atomic E-state index is 0.214. The molecule has 7 heteroatoms. The van der Waals surface area contributed by atoms with E-state index < -0.39 is 0 Å². The molecule has 0 saturated heterocycles. The Morgan fingerprint density at radius 3 is 2.43 bits per heavy atom. The molecule has 0 atom stereocenters. The maximum atomic E-state index is 13.1. The topological polar surface area (TPSA) is 68.8 Å². The molecule has 4 aromatic rings. The van der Waals surface area contributed by atoms with E-state index in [4.69, 9.17) is 16.3 Å². The van der Waals surface area contributed by atoms with Gasteiger partial charge >= 0.3 is 0 Å². The van der Waals surface area contributed by atoms with E-state index in [2.05, 4.69) is 5.10 Å². The molecular weight excluding hydrogens is 378 g/mol. The zero-order chi connectivity index (χ0) is 19.7. The van der Waals surface area contributed by atoms with Crippen molar-refractivity contribution in [2.45, 2.75) is 13.2 Å². The molecule has 0 bridgehead atoms. The van der Waals surface area contributed by atoms with Crippen LogP contribution < -0.4 is 10.3 Å². The largest absolute Gasteiger partial charge is 0.497 e. The summed E-state index contributed by atoms with van der Waals surface area (Å²) in [7, 11) is 1.60. The number of rotatable bonds is 5. The van der Waals surface area contributed by atoms with Gasteiger partial charge in [-0.15, -0.1) is 0 Å². The van der Waals surface area contributed by atoms with Gasteiger partial charge in [0, 0.05) is 28.5 Å². The van der Waals surface area contributed by atoms with Crippen molar-refractivity contribution in [3.05, 3.63) is 87.4 Å². The van der Waals surface area contributed by atoms with Crippen molar-refractivity contribution in [2.24, 2.45) is 0 Å². The summed E-state index contributed by atoms with van der Waals surface area (Å²) in [4.78, 5) is 13.1. The standard InChI is InChI=1S/C21H18ClN3O3/c1-28-17-8-4-15(5-9-17)19-18(13-26)20-21(27)24(10-11-25(20)23-19)12-14-2-6-16(22)7-3-14/h2-11,26H,12-13H2,1H3. The van der Waals surface area contributed by atoms with Crippen molar-refractivity contribution < 1.29 is 9.84 Å². The number of fused-ring (bicyclic) bond motifs is 1. The SMILES string of the molecule is COc1ccc(-c2nn3ccn(Cc4ccc(Cl)cc4)c(=O)c3c2CO)cc1. The highest BCUT2D eigenvalue weighted by Crippen LogP contribution is 2.26. The highest BCUT2D eigenvalue weighted by atomic mass is 35.5. The van der Waals surface area contributed by atoms with Crippen LogP contribution in [0.4, 0.5) is 0 Å². The van der Waals surface area contributed by atoms with Crippen LogP contribution in [0.1, 0.15) is 11.1 Å². The summed E-state index contributed by atoms with van der Waals surface area (Å²) in [6.45, 7) is 0.117. The second-order valence-electron chi connectivity index (χ2n) is 6.36. The fourth-order valence-corrected chi connectivity index (χ4v) is 3.32. The molecule has 0 radical (unpaired) electrons. The van der Waals surface area contributed by atoms with Crippen LogP contribution in [-0.4, -0.2) is 26.4 Å². The van der Waals surface area contributed by atoms with Gasteiger partial charge in [0.2, 0.25) is 0 Å². The first-order valence-corrected chi connectivity index (χ1v) is 9.09. The van der Waals surface area contributed by atoms with Gasteiger partial charge in [-0.3, -0.25) is 4.79 Å². The summed E-state index contributed by atoms with van der Waals surface area (Å²) < 4.78 is 8.30. The molecule has 2 aromatic carbocycles. The maximum absolute atomic E-state index is 13.1. The van der Waals surface area contributed by atoms with Crippen LogP contribution in [0.3, 0.4) is 0 Å². The van der Waals surface area contributed by atoms with Gasteiger partial charge in [-0.2, -0.15) is 5.10 Å². The van der Waals surface area contributed by atoms with Crippen molar-refractivity contribution in [3.8, 4) is 17.0 Å². The number of ether oxygens (including phenoxy) is 1. The predicted molar refractivity (Wildman–Crippen MR) is 108 cm³/mol. The van der Waals surface area contributed by atoms with Crippen LogP contribution in [0.15, 0.2) is 65.7 Å². The zero-order valence-corrected chi connectivity index (χ0v) is 15.9. The Balaban J connectivity index is 1.81. The third-order valence-corrected chi connectivity index (χ3v) is 4.90. The molecule has 2 heterocycles. The highest BCUT2D eigenvalue weighted by Gasteiger charge is 2.18. The van der Waals surface area contributed by atoms with E-state index in [9.17, 15) is 9.90 Å². The summed E-state index contributed by atoms with van der Waals surface area (Å²) in [5.74, 6) is 0.725. The van der Waals surface area contributed by atoms with Gasteiger partial charge in [-0.05, 0) is 42.0 Å². The molecule has 0 fully saturated rings. The lowest BCUT2D eigenvalue weighted by Gasteiger charge is -2.07. The van der Waals surface area contributed by atoms with Gasteiger partial charge < -0.3 is 14.4 Å². The van der Waals surface area contributed by atoms with Crippen LogP contribution in [0.25, 0.3) is 16.8 Å². The number of hydrogen-bond acceptors (Lipinski definition) is 4. The summed E-state index contributed by atoms with van der Waals surface area (Å²) >= 11 is 5.93. The lowest BCUT2D eigenvalue weighted by Crippen LogP contribution is -2.22. The van der Waals surface area contributed by atoms with Crippen molar-refractivity contribution in [1.82, 2.24) is 14.2 Å². The number of aromatic nitrogens is 3. The van der Waals surface area contributed by atoms with Crippen LogP contribution in [0.2, 0.25) is 5.02 Å². The van der Waals surface area contributed by atoms with Crippen molar-refractivity contribution in [2.75, 3.05) is 7.11 Å². The Hall–Kier alpha value is -3.09. The van der Waals surface area contributed by atoms with Crippen molar-refractivity contribution in [1.29, 1.82) is 0 Å². The van der Waals surface area contributed by atoms with Crippen molar-refractivity contribution >= 4 is 17.1 Å². The molecule has 0 aliphatic heterocycles. The maximum Gasteiger partial charge on any atom is 0.277 e. The van der Waals surface area contributed by atoms with Gasteiger partial charge in [0.05, 0.1) is 26.0 Å². The van der Waals surface area contributed by atoms with E-state index >= 15 is 0 Å². The molecule has 4 rings (SSSR count). The Morgan fingerprint density at radius 1 is 1.07 bits per heavy atom. The Labute approximate surface area is 166 Å². The summed E-state index contributed by atoms with van der Waals surface area (Å²) in [5.41, 5.74) is 2.99. The minimum atomic E-state index is -0.287. The number of halogens is 1. The Morgan fingerprint density at radius 2 is 1.79 bits per heavy atom. The highest BCUT2D eigenvalue weighted by molar-refractivity contribution is 6.30. The summed E-state index contributed by atoms with van der Waals surface area (Å²) in [5, 5.41) is 15.1. The lowest BCUT2D eigenvalue weighted by molar-refractivity contribution is 0.283. The van der Waals surface area contributed by atoms with E-state index in [1.54, 1.807) is 36.2 Å². The van der Waals surface area contributed by atoms with Gasteiger partial charge in [0.1, 0.15) is 11.3 Å². The Kier molecular flexibility index (Phi) is 4.90. The van der Waals surface area contributed by atoms with Gasteiger partial charge in [-0.25, -0.2) is 4.52 Å². The number of aliphatic hydroxyl groups excluding tert-OH is 1. The number of aliphatic hydroxyl groups is 1. The number of methoxy groups -OCH3 is 1. The molecule has 2 aromatic heterocycles. The van der Waals surface area contributed by atoms with Crippen LogP contribution in [-0.2, 0) is 13.2 Å². The number of benzene rings is 2. The molecule has 28 heavy (non-hydrogen) atoms. The smallest absolute Gasteiger partial charge is 0.277 e. The third kappa shape index (κ3) is 3.28. The first-order chi connectivity index (χ1) is 13.6. The van der Waals surface area contributed by atoms with Gasteiger partial charge in [-0.1, -0.05) is 23.7 Å². The molecule has 1 N–H and O–H groups in total. The summed E-state index contributed by atoms with van der Waals surface area (Å²) in [6.07, 6.45) is 3.41. The predicted octanol–water partition coefficient (Wildman–Crippen LogP) is 3.37. The third-order valence-electron chi connectivity index (χ3n) is 4.65. The van der Waals surface area contributed by atoms with E-state index in [1.807, 2.05) is 36.4 Å². The van der Waals surface area contributed by atoms with E-state index in [0.29, 0.717) is 28.3 Å². The van der Waals surface area contributed by atoms with Crippen molar-refractivity contribution in [3.63, 3.8) is 0 Å². The fourth-order valence-electron chi connectivity index (χ4n) is 3.19. The molecular formula is C21H18ClN3O3. The quantitative estimate of drug-likeness (QED) is 0.562. The monoisotopic (exact) mass is 395 g/mol. The first-order valence-electron chi connectivity index (χ1n) is 8.71. The zero-order valence-electron chi connectivity index (χ0n) is 15.2. The van der Waals surface area contributed by atoms with Gasteiger partial charge in [0.25, 0.3) is 5.56 Å². The fraction of sp³-hybridized carbons (Fsp3) is 0.143. The van der Waals surface area contributed by atoms with Gasteiger partial charge in [0.15, 0.2) is 0 Å². The van der Waals surface area contributed by atoms with Crippen LogP contribution in [0.5, 0.6) is 5.75 Å². The second kappa shape index (κ2) is 7.50. The molecule has 0 amide bonds. The average molecular weight is 396 g/mol. The van der Waals surface area contributed by atoms with Crippen LogP contribution in [0, 0.1) is 0 Å². The van der Waals surface area contributed by atoms with E-state index in [1.165, 1.54) is 4.52 Å². The molecule has 0 unspecified atom stereocenters. The second-order valence-corrected chi connectivity index (χ2v) is 6.80. The Bertz CT molecular complexity index is 1180. The lowest BCUT2D eigenvalue weighted by atomic mass is 10.1. The first kappa shape index (κ1) is 18.3. The van der Waals surface area contributed by atoms with Crippen LogP contribution >= 0.6 is 11.6 Å². The number of hydrogen-bond donors (Lipinski definition) is 1. The molecule has 0 aliphatic carbocycles. The summed E-state index contributed by atoms with van der Waals surface area (Å²) in [6, 6.07) is 14.7.